The Morgan fingerprint density at radius 3 is 2.46 bits per heavy atom. The van der Waals surface area contributed by atoms with Crippen LogP contribution in [0.1, 0.15) is 22.6 Å². The number of nitrogens with one attached hydrogen (secondary N) is 2. The predicted octanol–water partition coefficient (Wildman–Crippen LogP) is 4.58. The number of halogens is 2. The van der Waals surface area contributed by atoms with Gasteiger partial charge in [0.2, 0.25) is 5.89 Å². The molecule has 3 aromatic rings. The third-order valence-corrected chi connectivity index (χ3v) is 4.20. The van der Waals surface area contributed by atoms with Crippen LogP contribution in [0.15, 0.2) is 58.1 Å². The monoisotopic (exact) mass is 494 g/mol. The van der Waals surface area contributed by atoms with Gasteiger partial charge in [-0.05, 0) is 31.0 Å². The summed E-state index contributed by atoms with van der Waals surface area (Å²) in [7, 11) is 1.69. The van der Waals surface area contributed by atoms with Gasteiger partial charge in [-0.3, -0.25) is 4.99 Å². The lowest BCUT2D eigenvalue weighted by atomic mass is 10.1. The van der Waals surface area contributed by atoms with E-state index >= 15 is 0 Å². The van der Waals surface area contributed by atoms with Gasteiger partial charge in [0.25, 0.3) is 0 Å². The van der Waals surface area contributed by atoms with E-state index in [1.54, 1.807) is 26.2 Å². The van der Waals surface area contributed by atoms with Gasteiger partial charge < -0.3 is 15.1 Å². The molecule has 0 radical (unpaired) electrons. The van der Waals surface area contributed by atoms with Crippen molar-refractivity contribution in [1.29, 1.82) is 0 Å². The van der Waals surface area contributed by atoms with Gasteiger partial charge in [-0.1, -0.05) is 42.0 Å². The van der Waals surface area contributed by atoms with Crippen LogP contribution in [-0.2, 0) is 13.1 Å². The Kier molecular flexibility index (Phi) is 7.98. The van der Waals surface area contributed by atoms with Gasteiger partial charge in [0.1, 0.15) is 5.82 Å². The summed E-state index contributed by atoms with van der Waals surface area (Å²) >= 11 is 0. The van der Waals surface area contributed by atoms with Crippen molar-refractivity contribution in [3.63, 3.8) is 0 Å². The van der Waals surface area contributed by atoms with Gasteiger partial charge in [-0.25, -0.2) is 9.37 Å². The standard InChI is InChI=1S/C21H23FN4O.HI/c1-14-4-7-17(8-5-14)19-12-24-20(27-19)13-26-21(23-3)25-11-16-6-9-18(22)15(2)10-16;/h4-10,12H,11,13H2,1-3H3,(H2,23,25,26);1H. The minimum Gasteiger partial charge on any atom is -0.439 e. The SMILES string of the molecule is CN=C(NCc1ccc(F)c(C)c1)NCc1ncc(-c2ccc(C)cc2)o1.I. The lowest BCUT2D eigenvalue weighted by Gasteiger charge is -2.11. The lowest BCUT2D eigenvalue weighted by Crippen LogP contribution is -2.36. The van der Waals surface area contributed by atoms with E-state index in [0.29, 0.717) is 30.5 Å². The summed E-state index contributed by atoms with van der Waals surface area (Å²) in [4.78, 5) is 8.49. The molecule has 0 saturated heterocycles. The molecule has 28 heavy (non-hydrogen) atoms. The number of hydrogen-bond donors (Lipinski definition) is 2. The Hall–Kier alpha value is -2.42. The van der Waals surface area contributed by atoms with Crippen molar-refractivity contribution < 1.29 is 8.81 Å². The van der Waals surface area contributed by atoms with Crippen molar-refractivity contribution >= 4 is 29.9 Å². The normalized spacial score (nSPS) is 11.1. The second kappa shape index (κ2) is 10.2. The number of aliphatic imine (C=N–C) groups is 1. The summed E-state index contributed by atoms with van der Waals surface area (Å²) in [5.41, 5.74) is 3.80. The smallest absolute Gasteiger partial charge is 0.214 e. The molecular weight excluding hydrogens is 470 g/mol. The van der Waals surface area contributed by atoms with Crippen molar-refractivity contribution in [2.24, 2.45) is 4.99 Å². The van der Waals surface area contributed by atoms with Crippen LogP contribution in [0, 0.1) is 19.7 Å². The summed E-state index contributed by atoms with van der Waals surface area (Å²) in [6, 6.07) is 13.2. The Morgan fingerprint density at radius 1 is 1.07 bits per heavy atom. The molecule has 5 nitrogen and oxygen atoms in total. The summed E-state index contributed by atoms with van der Waals surface area (Å²) in [5, 5.41) is 6.36. The average Bonchev–Trinajstić information content (AvgIpc) is 3.14. The van der Waals surface area contributed by atoms with E-state index in [-0.39, 0.29) is 29.8 Å². The quantitative estimate of drug-likeness (QED) is 0.310. The first-order valence-corrected chi connectivity index (χ1v) is 8.76. The van der Waals surface area contributed by atoms with Gasteiger partial charge in [0.15, 0.2) is 11.7 Å². The maximum absolute atomic E-state index is 13.3. The topological polar surface area (TPSA) is 62.5 Å². The first-order chi connectivity index (χ1) is 13.0. The fraction of sp³-hybridized carbons (Fsp3) is 0.238. The number of aromatic nitrogens is 1. The Bertz CT molecular complexity index is 938. The molecule has 0 unspecified atom stereocenters. The number of benzene rings is 2. The molecule has 0 amide bonds. The maximum atomic E-state index is 13.3. The number of nitrogens with zero attached hydrogens (tertiary/aromatic N) is 2. The molecule has 3 rings (SSSR count). The zero-order chi connectivity index (χ0) is 19.2. The van der Waals surface area contributed by atoms with E-state index < -0.39 is 0 Å². The van der Waals surface area contributed by atoms with Crippen molar-refractivity contribution in [2.75, 3.05) is 7.05 Å². The number of oxazole rings is 1. The fourth-order valence-corrected chi connectivity index (χ4v) is 2.63. The van der Waals surface area contributed by atoms with Gasteiger partial charge in [-0.15, -0.1) is 24.0 Å². The van der Waals surface area contributed by atoms with E-state index in [4.69, 9.17) is 4.42 Å². The van der Waals surface area contributed by atoms with Crippen molar-refractivity contribution in [2.45, 2.75) is 26.9 Å². The molecule has 0 saturated carbocycles. The first kappa shape index (κ1) is 21.9. The third kappa shape index (κ3) is 5.79. The lowest BCUT2D eigenvalue weighted by molar-refractivity contribution is 0.497. The maximum Gasteiger partial charge on any atom is 0.214 e. The molecule has 0 aliphatic carbocycles. The van der Waals surface area contributed by atoms with Crippen LogP contribution in [0.3, 0.4) is 0 Å². The average molecular weight is 494 g/mol. The minimum atomic E-state index is -0.200. The first-order valence-electron chi connectivity index (χ1n) is 8.76. The van der Waals surface area contributed by atoms with Gasteiger partial charge >= 0.3 is 0 Å². The van der Waals surface area contributed by atoms with E-state index in [1.165, 1.54) is 11.6 Å². The molecule has 0 fully saturated rings. The second-order valence-electron chi connectivity index (χ2n) is 6.35. The summed E-state index contributed by atoms with van der Waals surface area (Å²) in [6.07, 6.45) is 1.72. The third-order valence-electron chi connectivity index (χ3n) is 4.20. The minimum absolute atomic E-state index is 0. The van der Waals surface area contributed by atoms with E-state index in [0.717, 1.165) is 16.9 Å². The van der Waals surface area contributed by atoms with Crippen LogP contribution in [0.4, 0.5) is 4.39 Å². The van der Waals surface area contributed by atoms with E-state index in [1.807, 2.05) is 37.3 Å². The largest absolute Gasteiger partial charge is 0.439 e. The number of guanidine groups is 1. The zero-order valence-corrected chi connectivity index (χ0v) is 18.5. The van der Waals surface area contributed by atoms with Crippen LogP contribution in [0.2, 0.25) is 0 Å². The van der Waals surface area contributed by atoms with E-state index in [2.05, 4.69) is 20.6 Å². The van der Waals surface area contributed by atoms with Gasteiger partial charge in [-0.2, -0.15) is 0 Å². The highest BCUT2D eigenvalue weighted by Crippen LogP contribution is 2.20. The molecule has 148 valence electrons. The number of rotatable bonds is 5. The van der Waals surface area contributed by atoms with E-state index in [9.17, 15) is 4.39 Å². The molecule has 0 atom stereocenters. The molecule has 0 aliphatic rings. The molecule has 0 bridgehead atoms. The van der Waals surface area contributed by atoms with Crippen LogP contribution in [0.5, 0.6) is 0 Å². The number of aryl methyl sites for hydroxylation is 2. The molecule has 0 aliphatic heterocycles. The van der Waals surface area contributed by atoms with Crippen molar-refractivity contribution in [3.8, 4) is 11.3 Å². The fourth-order valence-electron chi connectivity index (χ4n) is 2.63. The molecule has 0 spiro atoms. The zero-order valence-electron chi connectivity index (χ0n) is 16.1. The summed E-state index contributed by atoms with van der Waals surface area (Å²) < 4.78 is 19.1. The Labute approximate surface area is 181 Å². The number of hydrogen-bond acceptors (Lipinski definition) is 3. The van der Waals surface area contributed by atoms with Crippen LogP contribution in [-0.4, -0.2) is 18.0 Å². The molecule has 2 N–H and O–H groups in total. The van der Waals surface area contributed by atoms with Gasteiger partial charge in [0.05, 0.1) is 12.7 Å². The summed E-state index contributed by atoms with van der Waals surface area (Å²) in [5.74, 6) is 1.73. The highest BCUT2D eigenvalue weighted by molar-refractivity contribution is 14.0. The molecule has 7 heteroatoms. The molecule has 1 heterocycles. The van der Waals surface area contributed by atoms with Crippen molar-refractivity contribution in [3.05, 3.63) is 77.1 Å². The Morgan fingerprint density at radius 2 is 1.79 bits per heavy atom. The van der Waals surface area contributed by atoms with Crippen molar-refractivity contribution in [1.82, 2.24) is 15.6 Å². The Balaban J connectivity index is 0.00000280. The predicted molar refractivity (Wildman–Crippen MR) is 120 cm³/mol. The highest BCUT2D eigenvalue weighted by atomic mass is 127. The summed E-state index contributed by atoms with van der Waals surface area (Å²) in [6.45, 7) is 4.75. The van der Waals surface area contributed by atoms with Crippen LogP contribution in [0.25, 0.3) is 11.3 Å². The second-order valence-corrected chi connectivity index (χ2v) is 6.35. The van der Waals surface area contributed by atoms with Crippen LogP contribution >= 0.6 is 24.0 Å². The molecular formula is C21H24FIN4O. The van der Waals surface area contributed by atoms with Crippen LogP contribution < -0.4 is 10.6 Å². The highest BCUT2D eigenvalue weighted by Gasteiger charge is 2.07. The molecule has 1 aromatic heterocycles. The van der Waals surface area contributed by atoms with Gasteiger partial charge in [0, 0.05) is 19.2 Å². The molecule has 2 aromatic carbocycles.